The van der Waals surface area contributed by atoms with Crippen LogP contribution in [0.15, 0.2) is 35.1 Å². The van der Waals surface area contributed by atoms with Gasteiger partial charge in [-0.15, -0.1) is 5.10 Å². The lowest BCUT2D eigenvalue weighted by molar-refractivity contribution is 0.0526. The van der Waals surface area contributed by atoms with Crippen LogP contribution in [0.3, 0.4) is 0 Å². The minimum atomic E-state index is -0.332. The van der Waals surface area contributed by atoms with Crippen molar-refractivity contribution in [1.82, 2.24) is 19.2 Å². The second kappa shape index (κ2) is 7.41. The molecule has 0 saturated carbocycles. The van der Waals surface area contributed by atoms with Crippen molar-refractivity contribution in [2.45, 2.75) is 39.6 Å². The van der Waals surface area contributed by atoms with E-state index in [0.29, 0.717) is 36.5 Å². The molecule has 0 N–H and O–H groups in total. The maximum absolute atomic E-state index is 13.0. The van der Waals surface area contributed by atoms with E-state index in [-0.39, 0.29) is 24.2 Å². The molecule has 0 spiro atoms. The highest BCUT2D eigenvalue weighted by atomic mass is 16.5. The number of carbonyl (C=O) groups excluding carboxylic acids is 2. The van der Waals surface area contributed by atoms with Crippen LogP contribution >= 0.6 is 0 Å². The predicted octanol–water partition coefficient (Wildman–Crippen LogP) is 1.74. The molecule has 0 bridgehead atoms. The number of aromatic nitrogens is 3. The zero-order valence-electron chi connectivity index (χ0n) is 18.2. The standard InChI is InChI=1S/C24H22N4O5/c1-14-15(2-4-19-20(14)13-33-23(19)30)6-7-26-8-9-27-21(11-26)25-28(24(27)31)17-3-5-18-16(10-17)12-32-22(18)29/h2-5,10H,6-9,11-13H2,1H3. The van der Waals surface area contributed by atoms with Crippen LogP contribution in [0, 0.1) is 6.92 Å². The normalized spacial score (nSPS) is 16.9. The van der Waals surface area contributed by atoms with E-state index < -0.39 is 0 Å². The number of hydrogen-bond donors (Lipinski definition) is 0. The molecule has 3 aliphatic heterocycles. The first-order valence-electron chi connectivity index (χ1n) is 11.0. The second-order valence-electron chi connectivity index (χ2n) is 8.66. The van der Waals surface area contributed by atoms with Gasteiger partial charge in [0.25, 0.3) is 0 Å². The molecule has 9 nitrogen and oxygen atoms in total. The molecule has 3 aromatic rings. The third-order valence-corrected chi connectivity index (χ3v) is 6.83. The van der Waals surface area contributed by atoms with Gasteiger partial charge < -0.3 is 9.47 Å². The molecule has 9 heteroatoms. The highest BCUT2D eigenvalue weighted by Gasteiger charge is 2.26. The van der Waals surface area contributed by atoms with Crippen molar-refractivity contribution >= 4 is 11.9 Å². The molecular formula is C24H22N4O5. The molecule has 33 heavy (non-hydrogen) atoms. The smallest absolute Gasteiger partial charge is 0.350 e. The second-order valence-corrected chi connectivity index (χ2v) is 8.66. The van der Waals surface area contributed by atoms with Gasteiger partial charge in [-0.2, -0.15) is 4.68 Å². The Morgan fingerprint density at radius 3 is 2.64 bits per heavy atom. The van der Waals surface area contributed by atoms with E-state index >= 15 is 0 Å². The third-order valence-electron chi connectivity index (χ3n) is 6.83. The molecule has 0 radical (unpaired) electrons. The molecular weight excluding hydrogens is 424 g/mol. The molecule has 0 unspecified atom stereocenters. The lowest BCUT2D eigenvalue weighted by Gasteiger charge is -2.26. The summed E-state index contributed by atoms with van der Waals surface area (Å²) in [7, 11) is 0. The lowest BCUT2D eigenvalue weighted by atomic mass is 9.96. The average molecular weight is 446 g/mol. The fourth-order valence-electron chi connectivity index (χ4n) is 4.86. The van der Waals surface area contributed by atoms with Crippen molar-refractivity contribution in [3.05, 3.63) is 80.0 Å². The Kier molecular flexibility index (Phi) is 4.48. The van der Waals surface area contributed by atoms with E-state index in [9.17, 15) is 14.4 Å². The molecule has 4 heterocycles. The summed E-state index contributed by atoms with van der Waals surface area (Å²) in [5, 5.41) is 4.59. The number of rotatable bonds is 4. The van der Waals surface area contributed by atoms with E-state index in [1.807, 2.05) is 19.1 Å². The third kappa shape index (κ3) is 3.19. The minimum Gasteiger partial charge on any atom is -0.457 e. The van der Waals surface area contributed by atoms with Crippen molar-refractivity contribution in [3.63, 3.8) is 0 Å². The van der Waals surface area contributed by atoms with Crippen molar-refractivity contribution in [1.29, 1.82) is 0 Å². The number of fused-ring (bicyclic) bond motifs is 3. The molecule has 0 amide bonds. The van der Waals surface area contributed by atoms with Gasteiger partial charge in [0.15, 0.2) is 0 Å². The van der Waals surface area contributed by atoms with Crippen LogP contribution in [0.5, 0.6) is 0 Å². The molecule has 2 aromatic carbocycles. The fourth-order valence-corrected chi connectivity index (χ4v) is 4.86. The van der Waals surface area contributed by atoms with Gasteiger partial charge in [0.05, 0.1) is 23.4 Å². The van der Waals surface area contributed by atoms with Gasteiger partial charge in [0.2, 0.25) is 0 Å². The summed E-state index contributed by atoms with van der Waals surface area (Å²) >= 11 is 0. The Morgan fingerprint density at radius 2 is 1.76 bits per heavy atom. The Morgan fingerprint density at radius 1 is 0.970 bits per heavy atom. The van der Waals surface area contributed by atoms with Crippen LogP contribution in [-0.2, 0) is 42.2 Å². The summed E-state index contributed by atoms with van der Waals surface area (Å²) in [6.45, 7) is 5.36. The number of carbonyl (C=O) groups is 2. The largest absolute Gasteiger partial charge is 0.457 e. The van der Waals surface area contributed by atoms with Crippen molar-refractivity contribution < 1.29 is 19.1 Å². The van der Waals surface area contributed by atoms with Crippen molar-refractivity contribution in [2.75, 3.05) is 13.1 Å². The van der Waals surface area contributed by atoms with Crippen molar-refractivity contribution in [2.24, 2.45) is 0 Å². The number of esters is 2. The van der Waals surface area contributed by atoms with Gasteiger partial charge in [0, 0.05) is 30.8 Å². The quantitative estimate of drug-likeness (QED) is 0.564. The van der Waals surface area contributed by atoms with E-state index in [2.05, 4.69) is 10.00 Å². The van der Waals surface area contributed by atoms with E-state index in [1.54, 1.807) is 22.8 Å². The van der Waals surface area contributed by atoms with Crippen LogP contribution in [0.4, 0.5) is 0 Å². The van der Waals surface area contributed by atoms with Gasteiger partial charge >= 0.3 is 17.6 Å². The summed E-state index contributed by atoms with van der Waals surface area (Å²) in [6.07, 6.45) is 0.844. The zero-order valence-corrected chi connectivity index (χ0v) is 18.2. The van der Waals surface area contributed by atoms with Crippen LogP contribution in [0.2, 0.25) is 0 Å². The number of cyclic esters (lactones) is 2. The maximum Gasteiger partial charge on any atom is 0.350 e. The highest BCUT2D eigenvalue weighted by Crippen LogP contribution is 2.26. The molecule has 1 aromatic heterocycles. The Hall–Kier alpha value is -3.72. The monoisotopic (exact) mass is 446 g/mol. The van der Waals surface area contributed by atoms with Gasteiger partial charge in [-0.3, -0.25) is 9.47 Å². The topological polar surface area (TPSA) is 95.7 Å². The summed E-state index contributed by atoms with van der Waals surface area (Å²) < 4.78 is 13.3. The fraction of sp³-hybridized carbons (Fsp3) is 0.333. The van der Waals surface area contributed by atoms with Crippen molar-refractivity contribution in [3.8, 4) is 5.69 Å². The van der Waals surface area contributed by atoms with E-state index in [0.717, 1.165) is 42.0 Å². The first kappa shape index (κ1) is 19.9. The Balaban J connectivity index is 1.19. The maximum atomic E-state index is 13.0. The molecule has 168 valence electrons. The molecule has 6 rings (SSSR count). The zero-order chi connectivity index (χ0) is 22.7. The van der Waals surface area contributed by atoms with Gasteiger partial charge in [-0.1, -0.05) is 6.07 Å². The number of nitrogens with zero attached hydrogens (tertiary/aromatic N) is 4. The van der Waals surface area contributed by atoms with Gasteiger partial charge in [-0.05, 0) is 48.7 Å². The van der Waals surface area contributed by atoms with Crippen LogP contribution < -0.4 is 5.69 Å². The summed E-state index contributed by atoms with van der Waals surface area (Å²) in [5.74, 6) is 0.150. The number of hydrogen-bond acceptors (Lipinski definition) is 7. The molecule has 0 aliphatic carbocycles. The molecule has 0 saturated heterocycles. The molecule has 3 aliphatic rings. The SMILES string of the molecule is Cc1c(CCN2CCn3c(nn(-c4ccc5c(c4)COC5=O)c3=O)C2)ccc2c1COC2=O. The number of benzene rings is 2. The lowest BCUT2D eigenvalue weighted by Crippen LogP contribution is -2.38. The minimum absolute atomic E-state index is 0.172. The molecule has 0 fully saturated rings. The number of ether oxygens (including phenoxy) is 2. The van der Waals surface area contributed by atoms with E-state index in [1.165, 1.54) is 10.2 Å². The first-order chi connectivity index (χ1) is 16.0. The summed E-state index contributed by atoms with van der Waals surface area (Å²) in [4.78, 5) is 38.7. The summed E-state index contributed by atoms with van der Waals surface area (Å²) in [5.41, 5.74) is 5.76. The Labute approximate surface area is 189 Å². The highest BCUT2D eigenvalue weighted by molar-refractivity contribution is 5.94. The van der Waals surface area contributed by atoms with Crippen LogP contribution in [0.25, 0.3) is 5.69 Å². The summed E-state index contributed by atoms with van der Waals surface area (Å²) in [6, 6.07) is 9.09. The predicted molar refractivity (Wildman–Crippen MR) is 116 cm³/mol. The first-order valence-corrected chi connectivity index (χ1v) is 11.0. The average Bonchev–Trinajstić information content (AvgIpc) is 3.49. The van der Waals surface area contributed by atoms with Crippen LogP contribution in [0.1, 0.15) is 48.8 Å². The van der Waals surface area contributed by atoms with Gasteiger partial charge in [-0.25, -0.2) is 14.4 Å². The van der Waals surface area contributed by atoms with Gasteiger partial charge in [0.1, 0.15) is 19.0 Å². The Bertz CT molecular complexity index is 1390. The molecule has 0 atom stereocenters. The van der Waals surface area contributed by atoms with Crippen LogP contribution in [-0.4, -0.2) is 44.3 Å². The van der Waals surface area contributed by atoms with E-state index in [4.69, 9.17) is 9.47 Å².